The lowest BCUT2D eigenvalue weighted by atomic mass is 10.2. The lowest BCUT2D eigenvalue weighted by molar-refractivity contribution is 0.641. The fourth-order valence-corrected chi connectivity index (χ4v) is 4.91. The van der Waals surface area contributed by atoms with E-state index in [0.29, 0.717) is 23.5 Å². The quantitative estimate of drug-likeness (QED) is 0.389. The van der Waals surface area contributed by atoms with Crippen LogP contribution in [0.5, 0.6) is 0 Å². The van der Waals surface area contributed by atoms with Gasteiger partial charge >= 0.3 is 0 Å². The summed E-state index contributed by atoms with van der Waals surface area (Å²) in [7, 11) is 1.86. The Balaban J connectivity index is 0.000000714. The van der Waals surface area contributed by atoms with E-state index in [4.69, 9.17) is 16.5 Å². The monoisotopic (exact) mass is 487 g/mol. The lowest BCUT2D eigenvalue weighted by Crippen LogP contribution is -2.24. The third-order valence-corrected chi connectivity index (χ3v) is 6.35. The predicted octanol–water partition coefficient (Wildman–Crippen LogP) is 4.84. The maximum Gasteiger partial charge on any atom is 0.291 e. The fourth-order valence-electron chi connectivity index (χ4n) is 3.10. The third-order valence-electron chi connectivity index (χ3n) is 4.46. The Hall–Kier alpha value is -2.98. The highest BCUT2D eigenvalue weighted by atomic mass is 32.1. The molecule has 0 saturated carbocycles. The van der Waals surface area contributed by atoms with Crippen molar-refractivity contribution in [1.29, 1.82) is 0 Å². The smallest absolute Gasteiger partial charge is 0.291 e. The molecule has 0 aromatic carbocycles. The van der Waals surface area contributed by atoms with Crippen LogP contribution in [0.4, 0.5) is 5.00 Å². The summed E-state index contributed by atoms with van der Waals surface area (Å²) in [6.07, 6.45) is 10.7. The molecule has 0 aliphatic carbocycles. The minimum absolute atomic E-state index is 0.166. The number of aromatic nitrogens is 5. The summed E-state index contributed by atoms with van der Waals surface area (Å²) in [6, 6.07) is 0. The van der Waals surface area contributed by atoms with Crippen molar-refractivity contribution in [1.82, 2.24) is 24.3 Å². The number of aryl methyl sites for hydroxylation is 1. The minimum Gasteiger partial charge on any atom is -0.405 e. The molecule has 0 aliphatic heterocycles. The zero-order valence-electron chi connectivity index (χ0n) is 20.1. The van der Waals surface area contributed by atoms with Gasteiger partial charge in [-0.3, -0.25) is 4.79 Å². The largest absolute Gasteiger partial charge is 0.405 e. The molecule has 33 heavy (non-hydrogen) atoms. The Morgan fingerprint density at radius 2 is 1.88 bits per heavy atom. The Morgan fingerprint density at radius 3 is 2.45 bits per heavy atom. The van der Waals surface area contributed by atoms with E-state index in [1.165, 1.54) is 28.6 Å². The molecule has 0 unspecified atom stereocenters. The molecule has 4 aromatic heterocycles. The normalized spacial score (nSPS) is 11.5. The molecular formula is C23H33N7OS2. The molecule has 8 nitrogen and oxygen atoms in total. The van der Waals surface area contributed by atoms with Gasteiger partial charge in [0.05, 0.1) is 23.6 Å². The average molecular weight is 488 g/mol. The SMILES string of the molecule is C/C=C(/C=C\N)Cc1nc2c(s1)c1cnn(Cc3ncc(N)s3)c(=O)c1n2C.CC.CCC. The van der Waals surface area contributed by atoms with Crippen LogP contribution in [0.15, 0.2) is 41.1 Å². The molecule has 4 heterocycles. The van der Waals surface area contributed by atoms with E-state index in [1.54, 1.807) is 23.7 Å². The molecule has 4 aromatic rings. The van der Waals surface area contributed by atoms with Crippen LogP contribution in [0.2, 0.25) is 0 Å². The van der Waals surface area contributed by atoms with Crippen molar-refractivity contribution in [3.05, 3.63) is 56.7 Å². The standard InChI is InChI=1S/C18H19N7OS2.C3H8.C2H6/c1-3-10(4-5-19)6-13-23-17-16(28-13)11-7-22-25(18(26)15(11)24(17)2)9-14-21-8-12(20)27-14;1-3-2;1-2/h3-5,7-8H,6,9,19-20H2,1-2H3;3H2,1-2H3;1-2H3/b5-4-,10-3-;;. The first-order valence-electron chi connectivity index (χ1n) is 11.0. The molecule has 0 spiro atoms. The Morgan fingerprint density at radius 1 is 1.18 bits per heavy atom. The van der Waals surface area contributed by atoms with Crippen molar-refractivity contribution >= 4 is 48.9 Å². The van der Waals surface area contributed by atoms with Gasteiger partial charge in [-0.15, -0.1) is 11.3 Å². The summed E-state index contributed by atoms with van der Waals surface area (Å²) in [5, 5.41) is 7.49. The number of rotatable bonds is 5. The van der Waals surface area contributed by atoms with E-state index in [2.05, 4.69) is 23.9 Å². The van der Waals surface area contributed by atoms with E-state index >= 15 is 0 Å². The van der Waals surface area contributed by atoms with Gasteiger partial charge in [-0.05, 0) is 24.8 Å². The van der Waals surface area contributed by atoms with Gasteiger partial charge in [0.1, 0.15) is 20.5 Å². The van der Waals surface area contributed by atoms with Gasteiger partial charge in [0, 0.05) is 18.9 Å². The topological polar surface area (TPSA) is 118 Å². The second-order valence-electron chi connectivity index (χ2n) is 6.95. The Kier molecular flexibility index (Phi) is 9.80. The van der Waals surface area contributed by atoms with Gasteiger partial charge in [0.2, 0.25) is 0 Å². The Labute approximate surface area is 202 Å². The number of fused-ring (bicyclic) bond motifs is 3. The highest BCUT2D eigenvalue weighted by molar-refractivity contribution is 7.19. The van der Waals surface area contributed by atoms with Crippen LogP contribution in [-0.2, 0) is 20.0 Å². The summed E-state index contributed by atoms with van der Waals surface area (Å²) in [4.78, 5) is 21.9. The van der Waals surface area contributed by atoms with Gasteiger partial charge in [0.15, 0.2) is 5.65 Å². The first kappa shape index (κ1) is 26.3. The first-order valence-corrected chi connectivity index (χ1v) is 12.6. The number of anilines is 1. The maximum absolute atomic E-state index is 13.0. The van der Waals surface area contributed by atoms with E-state index in [9.17, 15) is 4.79 Å². The number of nitrogens with zero attached hydrogens (tertiary/aromatic N) is 5. The van der Waals surface area contributed by atoms with Crippen LogP contribution in [0, 0.1) is 0 Å². The first-order chi connectivity index (χ1) is 15.9. The second kappa shape index (κ2) is 12.3. The summed E-state index contributed by atoms with van der Waals surface area (Å²) in [5.41, 5.74) is 13.5. The number of nitrogen functional groups attached to an aromatic ring is 1. The molecule has 0 bridgehead atoms. The number of hydrogen-bond donors (Lipinski definition) is 2. The highest BCUT2D eigenvalue weighted by Crippen LogP contribution is 2.31. The second-order valence-corrected chi connectivity index (χ2v) is 9.18. The molecule has 0 amide bonds. The molecule has 0 saturated heterocycles. The minimum atomic E-state index is -0.166. The van der Waals surface area contributed by atoms with E-state index in [0.717, 1.165) is 31.3 Å². The van der Waals surface area contributed by atoms with Gasteiger partial charge in [0.25, 0.3) is 5.56 Å². The van der Waals surface area contributed by atoms with Crippen molar-refractivity contribution < 1.29 is 0 Å². The Bertz CT molecular complexity index is 1310. The van der Waals surface area contributed by atoms with Crippen molar-refractivity contribution in [3.8, 4) is 0 Å². The van der Waals surface area contributed by atoms with Crippen LogP contribution >= 0.6 is 22.7 Å². The molecule has 4 rings (SSSR count). The number of hydrogen-bond acceptors (Lipinski definition) is 8. The van der Waals surface area contributed by atoms with Crippen LogP contribution in [0.25, 0.3) is 21.3 Å². The number of thiazole rings is 2. The summed E-state index contributed by atoms with van der Waals surface area (Å²) in [5.74, 6) is 0. The van der Waals surface area contributed by atoms with Gasteiger partial charge in [-0.25, -0.2) is 14.6 Å². The zero-order chi connectivity index (χ0) is 24.5. The summed E-state index contributed by atoms with van der Waals surface area (Å²) < 4.78 is 4.22. The highest BCUT2D eigenvalue weighted by Gasteiger charge is 2.18. The summed E-state index contributed by atoms with van der Waals surface area (Å²) >= 11 is 2.93. The van der Waals surface area contributed by atoms with E-state index in [1.807, 2.05) is 44.5 Å². The van der Waals surface area contributed by atoms with Crippen LogP contribution in [0.1, 0.15) is 51.1 Å². The van der Waals surface area contributed by atoms with Gasteiger partial charge < -0.3 is 16.0 Å². The molecule has 0 fully saturated rings. The predicted molar refractivity (Wildman–Crippen MR) is 142 cm³/mol. The number of nitrogens with two attached hydrogens (primary N) is 2. The molecule has 0 atom stereocenters. The van der Waals surface area contributed by atoms with Crippen LogP contribution < -0.4 is 17.0 Å². The van der Waals surface area contributed by atoms with Crippen molar-refractivity contribution in [2.24, 2.45) is 12.8 Å². The van der Waals surface area contributed by atoms with Crippen molar-refractivity contribution in [3.63, 3.8) is 0 Å². The lowest BCUT2D eigenvalue weighted by Gasteiger charge is -2.03. The van der Waals surface area contributed by atoms with Crippen molar-refractivity contribution in [2.75, 3.05) is 5.73 Å². The average Bonchev–Trinajstić information content (AvgIpc) is 3.48. The number of allylic oxidation sites excluding steroid dienone is 3. The molecule has 10 heteroatoms. The maximum atomic E-state index is 13.0. The molecule has 4 N–H and O–H groups in total. The van der Waals surface area contributed by atoms with Crippen LogP contribution in [-0.4, -0.2) is 24.3 Å². The molecule has 0 radical (unpaired) electrons. The molecular weight excluding hydrogens is 454 g/mol. The van der Waals surface area contributed by atoms with E-state index in [-0.39, 0.29) is 5.56 Å². The van der Waals surface area contributed by atoms with Crippen molar-refractivity contribution in [2.45, 2.75) is 54.0 Å². The van der Waals surface area contributed by atoms with E-state index < -0.39 is 0 Å². The van der Waals surface area contributed by atoms with Crippen LogP contribution in [0.3, 0.4) is 0 Å². The fraction of sp³-hybridized carbons (Fsp3) is 0.391. The van der Waals surface area contributed by atoms with Gasteiger partial charge in [-0.1, -0.05) is 51.5 Å². The summed E-state index contributed by atoms with van der Waals surface area (Å²) in [6.45, 7) is 10.5. The molecule has 0 aliphatic rings. The van der Waals surface area contributed by atoms with Gasteiger partial charge in [-0.2, -0.15) is 5.10 Å². The molecule has 178 valence electrons. The zero-order valence-corrected chi connectivity index (χ0v) is 21.8. The third kappa shape index (κ3) is 5.88.